The summed E-state index contributed by atoms with van der Waals surface area (Å²) in [6.45, 7) is 5.82. The Labute approximate surface area is 123 Å². The van der Waals surface area contributed by atoms with Crippen LogP contribution in [-0.2, 0) is 0 Å². The molecule has 1 aliphatic heterocycles. The first-order valence-corrected chi connectivity index (χ1v) is 7.33. The molecule has 1 aromatic heterocycles. The zero-order chi connectivity index (χ0) is 15.0. The third kappa shape index (κ3) is 2.55. The zero-order valence-corrected chi connectivity index (χ0v) is 12.3. The molecule has 0 unspecified atom stereocenters. The van der Waals surface area contributed by atoms with Gasteiger partial charge in [0.05, 0.1) is 5.39 Å². The SMILES string of the molecule is C[C@@H]1C[C@H](C)CN(C(=O)c2n[nH]c(=O)c3ccccc23)C1. The van der Waals surface area contributed by atoms with Crippen molar-refractivity contribution in [2.24, 2.45) is 11.8 Å². The lowest BCUT2D eigenvalue weighted by atomic mass is 9.91. The Kier molecular flexibility index (Phi) is 3.49. The Bertz CT molecular complexity index is 728. The van der Waals surface area contributed by atoms with Crippen LogP contribution in [0, 0.1) is 11.8 Å². The third-order valence-electron chi connectivity index (χ3n) is 4.05. The van der Waals surface area contributed by atoms with E-state index in [1.54, 1.807) is 18.2 Å². The van der Waals surface area contributed by atoms with Crippen LogP contribution < -0.4 is 5.56 Å². The molecule has 110 valence electrons. The van der Waals surface area contributed by atoms with Crippen LogP contribution in [0.15, 0.2) is 29.1 Å². The smallest absolute Gasteiger partial charge is 0.274 e. The number of nitrogens with one attached hydrogen (secondary N) is 1. The van der Waals surface area contributed by atoms with Gasteiger partial charge in [0.25, 0.3) is 11.5 Å². The van der Waals surface area contributed by atoms with Gasteiger partial charge in [-0.15, -0.1) is 0 Å². The zero-order valence-electron chi connectivity index (χ0n) is 12.3. The van der Waals surface area contributed by atoms with Crippen molar-refractivity contribution in [2.75, 3.05) is 13.1 Å². The fraction of sp³-hybridized carbons (Fsp3) is 0.438. The topological polar surface area (TPSA) is 66.1 Å². The number of H-pyrrole nitrogens is 1. The molecular formula is C16H19N3O2. The molecule has 1 aliphatic rings. The number of aromatic amines is 1. The van der Waals surface area contributed by atoms with E-state index in [9.17, 15) is 9.59 Å². The standard InChI is InChI=1S/C16H19N3O2/c1-10-7-11(2)9-19(8-10)16(21)14-12-5-3-4-6-13(12)15(20)18-17-14/h3-6,10-11H,7-9H2,1-2H3,(H,18,20)/t10-,11+. The number of fused-ring (bicyclic) bond motifs is 1. The Balaban J connectivity index is 2.02. The molecule has 2 atom stereocenters. The molecule has 1 fully saturated rings. The van der Waals surface area contributed by atoms with Gasteiger partial charge in [0.15, 0.2) is 5.69 Å². The van der Waals surface area contributed by atoms with E-state index in [0.29, 0.717) is 28.3 Å². The highest BCUT2D eigenvalue weighted by atomic mass is 16.2. The van der Waals surface area contributed by atoms with Gasteiger partial charge in [0.2, 0.25) is 0 Å². The Morgan fingerprint density at radius 1 is 1.19 bits per heavy atom. The second-order valence-corrected chi connectivity index (χ2v) is 6.10. The first-order chi connectivity index (χ1) is 10.1. The number of piperidine rings is 1. The van der Waals surface area contributed by atoms with Crippen molar-refractivity contribution >= 4 is 16.7 Å². The molecule has 1 saturated heterocycles. The summed E-state index contributed by atoms with van der Waals surface area (Å²) in [7, 11) is 0. The number of hydrogen-bond acceptors (Lipinski definition) is 3. The van der Waals surface area contributed by atoms with Crippen LogP contribution in [0.4, 0.5) is 0 Å². The molecule has 21 heavy (non-hydrogen) atoms. The highest BCUT2D eigenvalue weighted by molar-refractivity contribution is 6.04. The van der Waals surface area contributed by atoms with Gasteiger partial charge in [-0.25, -0.2) is 5.10 Å². The summed E-state index contributed by atoms with van der Waals surface area (Å²) >= 11 is 0. The normalized spacial score (nSPS) is 22.5. The number of nitrogens with zero attached hydrogens (tertiary/aromatic N) is 2. The van der Waals surface area contributed by atoms with E-state index in [1.165, 1.54) is 0 Å². The number of carbonyl (C=O) groups excluding carboxylic acids is 1. The van der Waals surface area contributed by atoms with Gasteiger partial charge in [-0.3, -0.25) is 9.59 Å². The second kappa shape index (κ2) is 5.31. The van der Waals surface area contributed by atoms with Gasteiger partial charge in [0.1, 0.15) is 0 Å². The molecule has 0 saturated carbocycles. The van der Waals surface area contributed by atoms with E-state index in [0.717, 1.165) is 19.5 Å². The largest absolute Gasteiger partial charge is 0.337 e. The first-order valence-electron chi connectivity index (χ1n) is 7.33. The summed E-state index contributed by atoms with van der Waals surface area (Å²) in [4.78, 5) is 26.4. The number of likely N-dealkylation sites (tertiary alicyclic amines) is 1. The lowest BCUT2D eigenvalue weighted by Gasteiger charge is -2.34. The van der Waals surface area contributed by atoms with Gasteiger partial charge >= 0.3 is 0 Å². The summed E-state index contributed by atoms with van der Waals surface area (Å²) in [5, 5.41) is 7.57. The summed E-state index contributed by atoms with van der Waals surface area (Å²) in [5.74, 6) is 0.888. The van der Waals surface area contributed by atoms with Crippen molar-refractivity contribution < 1.29 is 4.79 Å². The van der Waals surface area contributed by atoms with E-state index in [2.05, 4.69) is 24.0 Å². The molecule has 3 rings (SSSR count). The molecule has 0 spiro atoms. The highest BCUT2D eigenvalue weighted by Crippen LogP contribution is 2.23. The fourth-order valence-corrected chi connectivity index (χ4v) is 3.26. The molecule has 1 N–H and O–H groups in total. The molecule has 2 aromatic rings. The maximum Gasteiger partial charge on any atom is 0.274 e. The number of amides is 1. The number of aromatic nitrogens is 2. The summed E-state index contributed by atoms with van der Waals surface area (Å²) in [6, 6.07) is 7.11. The predicted octanol–water partition coefficient (Wildman–Crippen LogP) is 2.04. The van der Waals surface area contributed by atoms with Gasteiger partial charge < -0.3 is 4.90 Å². The minimum atomic E-state index is -0.262. The summed E-state index contributed by atoms with van der Waals surface area (Å²) < 4.78 is 0. The van der Waals surface area contributed by atoms with E-state index in [-0.39, 0.29) is 11.5 Å². The van der Waals surface area contributed by atoms with Crippen molar-refractivity contribution in [2.45, 2.75) is 20.3 Å². The Hall–Kier alpha value is -2.17. The first kappa shape index (κ1) is 13.8. The number of benzene rings is 1. The van der Waals surface area contributed by atoms with Crippen molar-refractivity contribution in [3.63, 3.8) is 0 Å². The van der Waals surface area contributed by atoms with Gasteiger partial charge in [0, 0.05) is 18.5 Å². The number of hydrogen-bond donors (Lipinski definition) is 1. The molecule has 1 aromatic carbocycles. The van der Waals surface area contributed by atoms with E-state index < -0.39 is 0 Å². The van der Waals surface area contributed by atoms with Gasteiger partial charge in [-0.05, 0) is 24.3 Å². The molecule has 2 heterocycles. The average molecular weight is 285 g/mol. The molecular weight excluding hydrogens is 266 g/mol. The average Bonchev–Trinajstić information content (AvgIpc) is 2.46. The van der Waals surface area contributed by atoms with Gasteiger partial charge in [-0.1, -0.05) is 32.0 Å². The second-order valence-electron chi connectivity index (χ2n) is 6.10. The lowest BCUT2D eigenvalue weighted by molar-refractivity contribution is 0.0618. The quantitative estimate of drug-likeness (QED) is 0.872. The molecule has 5 heteroatoms. The van der Waals surface area contributed by atoms with Crippen molar-refractivity contribution in [3.05, 3.63) is 40.3 Å². The summed E-state index contributed by atoms with van der Waals surface area (Å²) in [6.07, 6.45) is 1.14. The minimum Gasteiger partial charge on any atom is -0.337 e. The molecule has 1 amide bonds. The highest BCUT2D eigenvalue weighted by Gasteiger charge is 2.28. The van der Waals surface area contributed by atoms with Crippen molar-refractivity contribution in [1.82, 2.24) is 15.1 Å². The maximum atomic E-state index is 12.8. The summed E-state index contributed by atoms with van der Waals surface area (Å²) in [5.41, 5.74) is 0.0778. The van der Waals surface area contributed by atoms with Crippen LogP contribution >= 0.6 is 0 Å². The Morgan fingerprint density at radius 2 is 1.81 bits per heavy atom. The van der Waals surface area contributed by atoms with Gasteiger partial charge in [-0.2, -0.15) is 5.10 Å². The van der Waals surface area contributed by atoms with E-state index in [4.69, 9.17) is 0 Å². The van der Waals surface area contributed by atoms with Crippen LogP contribution in [0.3, 0.4) is 0 Å². The van der Waals surface area contributed by atoms with Crippen LogP contribution in [0.25, 0.3) is 10.8 Å². The van der Waals surface area contributed by atoms with Crippen LogP contribution in [-0.4, -0.2) is 34.1 Å². The Morgan fingerprint density at radius 3 is 2.48 bits per heavy atom. The van der Waals surface area contributed by atoms with E-state index >= 15 is 0 Å². The minimum absolute atomic E-state index is 0.0964. The van der Waals surface area contributed by atoms with Crippen LogP contribution in [0.2, 0.25) is 0 Å². The number of rotatable bonds is 1. The molecule has 0 bridgehead atoms. The number of carbonyl (C=O) groups is 1. The van der Waals surface area contributed by atoms with Crippen molar-refractivity contribution in [3.8, 4) is 0 Å². The third-order valence-corrected chi connectivity index (χ3v) is 4.05. The van der Waals surface area contributed by atoms with E-state index in [1.807, 2.05) is 11.0 Å². The monoisotopic (exact) mass is 285 g/mol. The molecule has 0 radical (unpaired) electrons. The lowest BCUT2D eigenvalue weighted by Crippen LogP contribution is -2.43. The van der Waals surface area contributed by atoms with Crippen LogP contribution in [0.1, 0.15) is 30.8 Å². The van der Waals surface area contributed by atoms with Crippen LogP contribution in [0.5, 0.6) is 0 Å². The predicted molar refractivity (Wildman–Crippen MR) is 81.2 cm³/mol. The molecule has 5 nitrogen and oxygen atoms in total. The fourth-order valence-electron chi connectivity index (χ4n) is 3.26. The maximum absolute atomic E-state index is 12.8. The van der Waals surface area contributed by atoms with Crippen molar-refractivity contribution in [1.29, 1.82) is 0 Å². The molecule has 0 aliphatic carbocycles.